The average molecular weight is 298 g/mol. The lowest BCUT2D eigenvalue weighted by Gasteiger charge is -2.13. The van der Waals surface area contributed by atoms with Crippen LogP contribution in [0.2, 0.25) is 0 Å². The second kappa shape index (κ2) is 7.42. The lowest BCUT2D eigenvalue weighted by atomic mass is 10.2. The van der Waals surface area contributed by atoms with Gasteiger partial charge in [0.15, 0.2) is 0 Å². The third kappa shape index (κ3) is 4.96. The van der Waals surface area contributed by atoms with Gasteiger partial charge in [-0.1, -0.05) is 12.2 Å². The molecule has 3 N–H and O–H groups in total. The summed E-state index contributed by atoms with van der Waals surface area (Å²) in [5.41, 5.74) is 6.08. The molecule has 0 bridgehead atoms. The monoisotopic (exact) mass is 298 g/mol. The summed E-state index contributed by atoms with van der Waals surface area (Å²) >= 11 is 0. The predicted octanol–water partition coefficient (Wildman–Crippen LogP) is 1.58. The Morgan fingerprint density at radius 3 is 2.60 bits per heavy atom. The Kier molecular flexibility index (Phi) is 6.19. The maximum atomic E-state index is 12.1. The third-order valence-electron chi connectivity index (χ3n) is 2.51. The van der Waals surface area contributed by atoms with Crippen LogP contribution in [-0.4, -0.2) is 27.6 Å². The normalized spacial score (nSPS) is 12.2. The second-order valence-electron chi connectivity index (χ2n) is 4.65. The van der Waals surface area contributed by atoms with E-state index in [0.29, 0.717) is 12.3 Å². The Bertz CT molecular complexity index is 566. The quantitative estimate of drug-likeness (QED) is 0.749. The van der Waals surface area contributed by atoms with Gasteiger partial charge in [0.05, 0.1) is 11.0 Å². The van der Waals surface area contributed by atoms with Crippen molar-refractivity contribution < 1.29 is 13.2 Å². The van der Waals surface area contributed by atoms with Crippen LogP contribution in [0.1, 0.15) is 19.4 Å². The summed E-state index contributed by atoms with van der Waals surface area (Å²) in [6.07, 6.45) is 3.43. The number of nitrogens with one attached hydrogen (secondary N) is 1. The first-order chi connectivity index (χ1) is 9.36. The SMILES string of the molecule is Cc1cc(S(=O)(=O)NC/C=C/CN)ccc1OC(C)C. The number of hydrogen-bond donors (Lipinski definition) is 2. The van der Waals surface area contributed by atoms with Gasteiger partial charge in [0.2, 0.25) is 10.0 Å². The van der Waals surface area contributed by atoms with E-state index in [-0.39, 0.29) is 17.5 Å². The Hall–Kier alpha value is -1.37. The van der Waals surface area contributed by atoms with Crippen LogP contribution in [0.15, 0.2) is 35.2 Å². The zero-order valence-corrected chi connectivity index (χ0v) is 12.9. The van der Waals surface area contributed by atoms with E-state index in [4.69, 9.17) is 10.5 Å². The molecular formula is C14H22N2O3S. The number of aryl methyl sites for hydroxylation is 1. The minimum atomic E-state index is -3.51. The molecule has 0 atom stereocenters. The van der Waals surface area contributed by atoms with E-state index in [1.807, 2.05) is 20.8 Å². The average Bonchev–Trinajstić information content (AvgIpc) is 2.36. The van der Waals surface area contributed by atoms with Crippen LogP contribution in [0.4, 0.5) is 0 Å². The van der Waals surface area contributed by atoms with E-state index in [0.717, 1.165) is 5.56 Å². The summed E-state index contributed by atoms with van der Waals surface area (Å²) in [5, 5.41) is 0. The number of sulfonamides is 1. The van der Waals surface area contributed by atoms with Crippen LogP contribution in [0.5, 0.6) is 5.75 Å². The lowest BCUT2D eigenvalue weighted by molar-refractivity contribution is 0.240. The van der Waals surface area contributed by atoms with E-state index in [9.17, 15) is 8.42 Å². The van der Waals surface area contributed by atoms with E-state index in [1.54, 1.807) is 30.4 Å². The van der Waals surface area contributed by atoms with Crippen molar-refractivity contribution in [1.82, 2.24) is 4.72 Å². The van der Waals surface area contributed by atoms with Gasteiger partial charge in [-0.2, -0.15) is 0 Å². The highest BCUT2D eigenvalue weighted by molar-refractivity contribution is 7.89. The summed E-state index contributed by atoms with van der Waals surface area (Å²) in [4.78, 5) is 0.229. The smallest absolute Gasteiger partial charge is 0.240 e. The Balaban J connectivity index is 2.85. The van der Waals surface area contributed by atoms with Crippen LogP contribution in [0, 0.1) is 6.92 Å². The fourth-order valence-corrected chi connectivity index (χ4v) is 2.66. The van der Waals surface area contributed by atoms with Crippen molar-refractivity contribution in [3.8, 4) is 5.75 Å². The zero-order chi connectivity index (χ0) is 15.2. The zero-order valence-electron chi connectivity index (χ0n) is 12.1. The first-order valence-electron chi connectivity index (χ1n) is 6.49. The number of nitrogens with two attached hydrogens (primary N) is 1. The molecule has 0 heterocycles. The van der Waals surface area contributed by atoms with E-state index >= 15 is 0 Å². The van der Waals surface area contributed by atoms with E-state index < -0.39 is 10.0 Å². The molecule has 0 amide bonds. The number of benzene rings is 1. The molecule has 0 aliphatic rings. The van der Waals surface area contributed by atoms with Crippen LogP contribution in [0.25, 0.3) is 0 Å². The maximum absolute atomic E-state index is 12.1. The Morgan fingerprint density at radius 2 is 2.05 bits per heavy atom. The minimum absolute atomic E-state index is 0.0516. The van der Waals surface area contributed by atoms with Gasteiger partial charge in [-0.25, -0.2) is 13.1 Å². The molecule has 0 spiro atoms. The van der Waals surface area contributed by atoms with Gasteiger partial charge in [-0.15, -0.1) is 0 Å². The number of hydrogen-bond acceptors (Lipinski definition) is 4. The molecule has 0 aliphatic heterocycles. The van der Waals surface area contributed by atoms with Crippen molar-refractivity contribution in [3.05, 3.63) is 35.9 Å². The fraction of sp³-hybridized carbons (Fsp3) is 0.429. The van der Waals surface area contributed by atoms with Crippen LogP contribution in [0.3, 0.4) is 0 Å². The number of rotatable bonds is 7. The molecule has 0 radical (unpaired) electrons. The Morgan fingerprint density at radius 1 is 1.35 bits per heavy atom. The van der Waals surface area contributed by atoms with Crippen molar-refractivity contribution in [1.29, 1.82) is 0 Å². The molecule has 0 unspecified atom stereocenters. The fourth-order valence-electron chi connectivity index (χ4n) is 1.60. The highest BCUT2D eigenvalue weighted by atomic mass is 32.2. The summed E-state index contributed by atoms with van der Waals surface area (Å²) in [7, 11) is -3.51. The first kappa shape index (κ1) is 16.7. The van der Waals surface area contributed by atoms with Crippen molar-refractivity contribution in [2.75, 3.05) is 13.1 Å². The third-order valence-corrected chi connectivity index (χ3v) is 3.93. The van der Waals surface area contributed by atoms with Crippen molar-refractivity contribution in [3.63, 3.8) is 0 Å². The molecule has 0 aliphatic carbocycles. The molecule has 1 aromatic carbocycles. The van der Waals surface area contributed by atoms with Crippen LogP contribution in [-0.2, 0) is 10.0 Å². The molecule has 6 heteroatoms. The lowest BCUT2D eigenvalue weighted by Crippen LogP contribution is -2.24. The molecule has 0 aromatic heterocycles. The first-order valence-corrected chi connectivity index (χ1v) is 7.97. The van der Waals surface area contributed by atoms with Gasteiger partial charge in [0, 0.05) is 13.1 Å². The van der Waals surface area contributed by atoms with Gasteiger partial charge >= 0.3 is 0 Å². The van der Waals surface area contributed by atoms with Crippen molar-refractivity contribution in [2.24, 2.45) is 5.73 Å². The standard InChI is InChI=1S/C14H22N2O3S/c1-11(2)19-14-7-6-13(10-12(14)3)20(17,18)16-9-5-4-8-15/h4-7,10-11,16H,8-9,15H2,1-3H3/b5-4+. The van der Waals surface area contributed by atoms with Gasteiger partial charge in [-0.05, 0) is 44.5 Å². The molecule has 5 nitrogen and oxygen atoms in total. The van der Waals surface area contributed by atoms with Gasteiger partial charge in [0.25, 0.3) is 0 Å². The topological polar surface area (TPSA) is 81.4 Å². The largest absolute Gasteiger partial charge is 0.491 e. The highest BCUT2D eigenvalue weighted by Gasteiger charge is 2.14. The summed E-state index contributed by atoms with van der Waals surface area (Å²) in [6.45, 7) is 6.29. The maximum Gasteiger partial charge on any atom is 0.240 e. The van der Waals surface area contributed by atoms with Gasteiger partial charge in [0.1, 0.15) is 5.75 Å². The van der Waals surface area contributed by atoms with Crippen LogP contribution >= 0.6 is 0 Å². The van der Waals surface area contributed by atoms with Gasteiger partial charge < -0.3 is 10.5 Å². The summed E-state index contributed by atoms with van der Waals surface area (Å²) < 4.78 is 32.2. The summed E-state index contributed by atoms with van der Waals surface area (Å²) in [6, 6.07) is 4.83. The number of ether oxygens (including phenoxy) is 1. The Labute approximate surface area is 120 Å². The molecule has 112 valence electrons. The molecule has 0 saturated heterocycles. The molecule has 20 heavy (non-hydrogen) atoms. The van der Waals surface area contributed by atoms with E-state index in [2.05, 4.69) is 4.72 Å². The molecule has 0 saturated carbocycles. The van der Waals surface area contributed by atoms with E-state index in [1.165, 1.54) is 0 Å². The van der Waals surface area contributed by atoms with Crippen LogP contribution < -0.4 is 15.2 Å². The predicted molar refractivity (Wildman–Crippen MR) is 80.3 cm³/mol. The van der Waals surface area contributed by atoms with Crippen molar-refractivity contribution >= 4 is 10.0 Å². The highest BCUT2D eigenvalue weighted by Crippen LogP contribution is 2.22. The van der Waals surface area contributed by atoms with Gasteiger partial charge in [-0.3, -0.25) is 0 Å². The minimum Gasteiger partial charge on any atom is -0.491 e. The molecular weight excluding hydrogens is 276 g/mol. The molecule has 1 rings (SSSR count). The molecule has 1 aromatic rings. The van der Waals surface area contributed by atoms with Crippen molar-refractivity contribution in [2.45, 2.75) is 31.8 Å². The summed E-state index contributed by atoms with van der Waals surface area (Å²) in [5.74, 6) is 0.696. The second-order valence-corrected chi connectivity index (χ2v) is 6.42. The molecule has 0 fully saturated rings.